The Kier molecular flexibility index (Phi) is 2.60. The van der Waals surface area contributed by atoms with Gasteiger partial charge in [-0.2, -0.15) is 0 Å². The van der Waals surface area contributed by atoms with Gasteiger partial charge in [-0.05, 0) is 12.1 Å². The summed E-state index contributed by atoms with van der Waals surface area (Å²) in [6.45, 7) is 1.15. The summed E-state index contributed by atoms with van der Waals surface area (Å²) in [5, 5.41) is 9.21. The van der Waals surface area contributed by atoms with Crippen molar-refractivity contribution in [2.45, 2.75) is 6.10 Å². The predicted octanol–water partition coefficient (Wildman–Crippen LogP) is 0.689. The van der Waals surface area contributed by atoms with Crippen molar-refractivity contribution < 1.29 is 14.6 Å². The summed E-state index contributed by atoms with van der Waals surface area (Å²) in [6, 6.07) is 5.30. The zero-order chi connectivity index (χ0) is 10.8. The second kappa shape index (κ2) is 3.90. The lowest BCUT2D eigenvalue weighted by molar-refractivity contribution is 0.112. The van der Waals surface area contributed by atoms with Crippen molar-refractivity contribution in [2.75, 3.05) is 25.1 Å². The Balaban J connectivity index is 2.30. The molecule has 0 atom stereocenters. The van der Waals surface area contributed by atoms with Crippen molar-refractivity contribution in [3.8, 4) is 5.75 Å². The fourth-order valence-electron chi connectivity index (χ4n) is 1.68. The van der Waals surface area contributed by atoms with Gasteiger partial charge >= 0.3 is 0 Å². The molecule has 1 heterocycles. The molecule has 0 amide bonds. The molecule has 4 heteroatoms. The lowest BCUT2D eigenvalue weighted by Crippen LogP contribution is -2.51. The number of rotatable bonds is 3. The highest BCUT2D eigenvalue weighted by Crippen LogP contribution is 2.28. The number of carbonyl (C=O) groups is 1. The summed E-state index contributed by atoms with van der Waals surface area (Å²) in [5.74, 6) is 0.719. The van der Waals surface area contributed by atoms with Crippen molar-refractivity contribution in [3.63, 3.8) is 0 Å². The fraction of sp³-hybridized carbons (Fsp3) is 0.364. The summed E-state index contributed by atoms with van der Waals surface area (Å²) in [5.41, 5.74) is 1.46. The highest BCUT2D eigenvalue weighted by molar-refractivity contribution is 5.85. The molecule has 0 bridgehead atoms. The third kappa shape index (κ3) is 1.80. The van der Waals surface area contributed by atoms with Gasteiger partial charge in [0.2, 0.25) is 0 Å². The van der Waals surface area contributed by atoms with Gasteiger partial charge in [0.05, 0.1) is 18.9 Å². The predicted molar refractivity (Wildman–Crippen MR) is 56.6 cm³/mol. The van der Waals surface area contributed by atoms with Crippen molar-refractivity contribution in [3.05, 3.63) is 23.8 Å². The summed E-state index contributed by atoms with van der Waals surface area (Å²) in [4.78, 5) is 12.8. The molecule has 1 fully saturated rings. The highest BCUT2D eigenvalue weighted by Gasteiger charge is 2.26. The number of aliphatic hydroxyl groups excluding tert-OH is 1. The van der Waals surface area contributed by atoms with Crippen LogP contribution in [0.3, 0.4) is 0 Å². The molecule has 1 aromatic carbocycles. The van der Waals surface area contributed by atoms with Crippen LogP contribution in [0, 0.1) is 0 Å². The van der Waals surface area contributed by atoms with Crippen LogP contribution in [-0.2, 0) is 0 Å². The number of benzene rings is 1. The molecule has 4 nitrogen and oxygen atoms in total. The van der Waals surface area contributed by atoms with Gasteiger partial charge in [-0.25, -0.2) is 0 Å². The molecule has 0 spiro atoms. The first-order chi connectivity index (χ1) is 7.24. The van der Waals surface area contributed by atoms with E-state index in [1.165, 1.54) is 0 Å². The van der Waals surface area contributed by atoms with E-state index in [1.807, 2.05) is 11.0 Å². The number of hydrogen-bond acceptors (Lipinski definition) is 4. The van der Waals surface area contributed by atoms with Gasteiger partial charge in [0.1, 0.15) is 5.75 Å². The van der Waals surface area contributed by atoms with E-state index in [9.17, 15) is 9.90 Å². The first-order valence-corrected chi connectivity index (χ1v) is 4.81. The Morgan fingerprint density at radius 2 is 2.27 bits per heavy atom. The topological polar surface area (TPSA) is 49.8 Å². The quantitative estimate of drug-likeness (QED) is 0.741. The van der Waals surface area contributed by atoms with Gasteiger partial charge in [0, 0.05) is 24.7 Å². The molecule has 0 aromatic heterocycles. The minimum atomic E-state index is -0.282. The number of aliphatic hydroxyl groups is 1. The normalized spacial score (nSPS) is 16.0. The Labute approximate surface area is 88.1 Å². The van der Waals surface area contributed by atoms with Gasteiger partial charge in [-0.1, -0.05) is 0 Å². The molecule has 1 aliphatic heterocycles. The van der Waals surface area contributed by atoms with Gasteiger partial charge in [-0.15, -0.1) is 0 Å². The monoisotopic (exact) mass is 207 g/mol. The number of ether oxygens (including phenoxy) is 1. The van der Waals surface area contributed by atoms with Crippen LogP contribution in [0.25, 0.3) is 0 Å². The fourth-order valence-corrected chi connectivity index (χ4v) is 1.68. The Morgan fingerprint density at radius 1 is 1.53 bits per heavy atom. The van der Waals surface area contributed by atoms with Crippen LogP contribution >= 0.6 is 0 Å². The number of anilines is 1. The van der Waals surface area contributed by atoms with Crippen molar-refractivity contribution >= 4 is 12.0 Å². The van der Waals surface area contributed by atoms with E-state index in [1.54, 1.807) is 19.2 Å². The van der Waals surface area contributed by atoms with Crippen LogP contribution in [0.15, 0.2) is 18.2 Å². The molecule has 1 aromatic rings. The third-order valence-corrected chi connectivity index (χ3v) is 2.57. The standard InChI is InChI=1S/C11H13NO3/c1-15-10-3-2-8(7-13)11(4-10)12-5-9(14)6-12/h2-4,7,9,14H,5-6H2,1H3. The van der Waals surface area contributed by atoms with Crippen LogP contribution in [0.2, 0.25) is 0 Å². The molecular weight excluding hydrogens is 194 g/mol. The summed E-state index contributed by atoms with van der Waals surface area (Å²) in [6.07, 6.45) is 0.537. The van der Waals surface area contributed by atoms with Gasteiger partial charge in [0.15, 0.2) is 6.29 Å². The van der Waals surface area contributed by atoms with E-state index in [-0.39, 0.29) is 6.10 Å². The zero-order valence-corrected chi connectivity index (χ0v) is 8.51. The largest absolute Gasteiger partial charge is 0.497 e. The highest BCUT2D eigenvalue weighted by atomic mass is 16.5. The number of carbonyl (C=O) groups excluding carboxylic acids is 1. The number of β-amino-alcohol motifs (C(OH)–C–C–N with tert-alkyl or cyclic N) is 1. The zero-order valence-electron chi connectivity index (χ0n) is 8.51. The minimum Gasteiger partial charge on any atom is -0.497 e. The van der Waals surface area contributed by atoms with Crippen LogP contribution in [-0.4, -0.2) is 37.7 Å². The van der Waals surface area contributed by atoms with Crippen molar-refractivity contribution in [2.24, 2.45) is 0 Å². The number of aldehydes is 1. The molecule has 1 N–H and O–H groups in total. The van der Waals surface area contributed by atoms with E-state index in [4.69, 9.17) is 4.74 Å². The van der Waals surface area contributed by atoms with Crippen LogP contribution in [0.4, 0.5) is 5.69 Å². The molecule has 0 unspecified atom stereocenters. The van der Waals surface area contributed by atoms with Crippen molar-refractivity contribution in [1.29, 1.82) is 0 Å². The van der Waals surface area contributed by atoms with Crippen LogP contribution in [0.5, 0.6) is 5.75 Å². The summed E-state index contributed by atoms with van der Waals surface area (Å²) < 4.78 is 5.09. The van der Waals surface area contributed by atoms with Gasteiger partial charge < -0.3 is 14.7 Å². The van der Waals surface area contributed by atoms with Crippen LogP contribution < -0.4 is 9.64 Å². The molecule has 1 aliphatic rings. The minimum absolute atomic E-state index is 0.282. The van der Waals surface area contributed by atoms with E-state index < -0.39 is 0 Å². The smallest absolute Gasteiger partial charge is 0.152 e. The number of hydrogen-bond donors (Lipinski definition) is 1. The van der Waals surface area contributed by atoms with E-state index in [2.05, 4.69) is 0 Å². The lowest BCUT2D eigenvalue weighted by atomic mass is 10.1. The average Bonchev–Trinajstić information content (AvgIpc) is 2.24. The van der Waals surface area contributed by atoms with Gasteiger partial charge in [-0.3, -0.25) is 4.79 Å². The van der Waals surface area contributed by atoms with Crippen LogP contribution in [0.1, 0.15) is 10.4 Å². The molecule has 0 saturated carbocycles. The Bertz CT molecular complexity index is 372. The van der Waals surface area contributed by atoms with E-state index in [0.717, 1.165) is 17.7 Å². The average molecular weight is 207 g/mol. The second-order valence-electron chi connectivity index (χ2n) is 3.60. The Hall–Kier alpha value is -1.55. The second-order valence-corrected chi connectivity index (χ2v) is 3.60. The van der Waals surface area contributed by atoms with E-state index >= 15 is 0 Å². The summed E-state index contributed by atoms with van der Waals surface area (Å²) >= 11 is 0. The first kappa shape index (κ1) is 9.98. The molecule has 15 heavy (non-hydrogen) atoms. The molecular formula is C11H13NO3. The maximum atomic E-state index is 10.8. The maximum Gasteiger partial charge on any atom is 0.152 e. The molecule has 2 rings (SSSR count). The molecule has 1 saturated heterocycles. The molecule has 0 aliphatic carbocycles. The van der Waals surface area contributed by atoms with Crippen molar-refractivity contribution in [1.82, 2.24) is 0 Å². The van der Waals surface area contributed by atoms with E-state index in [0.29, 0.717) is 18.7 Å². The number of methoxy groups -OCH3 is 1. The third-order valence-electron chi connectivity index (χ3n) is 2.57. The first-order valence-electron chi connectivity index (χ1n) is 4.81. The Morgan fingerprint density at radius 3 is 2.80 bits per heavy atom. The molecule has 80 valence electrons. The maximum absolute atomic E-state index is 10.8. The SMILES string of the molecule is COc1ccc(C=O)c(N2CC(O)C2)c1. The van der Waals surface area contributed by atoms with Gasteiger partial charge in [0.25, 0.3) is 0 Å². The number of nitrogens with zero attached hydrogens (tertiary/aromatic N) is 1. The molecule has 0 radical (unpaired) electrons. The lowest BCUT2D eigenvalue weighted by Gasteiger charge is -2.38. The summed E-state index contributed by atoms with van der Waals surface area (Å²) in [7, 11) is 1.59.